The Labute approximate surface area is 131 Å². The molecule has 1 heterocycles. The van der Waals surface area contributed by atoms with Crippen LogP contribution >= 0.6 is 0 Å². The zero-order chi connectivity index (χ0) is 16.3. The molecule has 1 amide bonds. The first kappa shape index (κ1) is 16.3. The van der Waals surface area contributed by atoms with Crippen molar-refractivity contribution in [2.24, 2.45) is 0 Å². The maximum absolute atomic E-state index is 12.1. The molecule has 120 valence electrons. The van der Waals surface area contributed by atoms with Gasteiger partial charge in [-0.15, -0.1) is 0 Å². The van der Waals surface area contributed by atoms with Gasteiger partial charge < -0.3 is 14.4 Å². The van der Waals surface area contributed by atoms with Gasteiger partial charge in [-0.05, 0) is 39.8 Å². The van der Waals surface area contributed by atoms with Crippen LogP contribution in [0.3, 0.4) is 0 Å². The molecule has 1 aromatic carbocycles. The number of carbonyl (C=O) groups excluding carboxylic acids is 2. The number of fused-ring (bicyclic) bond motifs is 1. The molecule has 0 N–H and O–H groups in total. The minimum absolute atomic E-state index is 0.0161. The summed E-state index contributed by atoms with van der Waals surface area (Å²) in [5.41, 5.74) is 0.0569. The fraction of sp³-hybridized carbons (Fsp3) is 0.529. The first-order valence-corrected chi connectivity index (χ1v) is 7.63. The number of Topliss-reactive ketones (excluding diaryl/α,β-unsaturated/α-hetero) is 1. The Kier molecular flexibility index (Phi) is 4.74. The van der Waals surface area contributed by atoms with E-state index in [4.69, 9.17) is 9.47 Å². The first-order chi connectivity index (χ1) is 10.4. The third-order valence-electron chi connectivity index (χ3n) is 3.70. The zero-order valence-electron chi connectivity index (χ0n) is 13.6. The molecular weight excluding hydrogens is 282 g/mol. The standard InChI is InChI=1S/C17H23NO4/c1-5-18(6-2)16(20)11-21-12-7-8-13-14(19)10-17(3,4)22-15(13)9-12/h7-9H,5-6,10-11H2,1-4H3. The van der Waals surface area contributed by atoms with E-state index < -0.39 is 5.60 Å². The quantitative estimate of drug-likeness (QED) is 0.839. The van der Waals surface area contributed by atoms with Gasteiger partial charge in [-0.25, -0.2) is 0 Å². The van der Waals surface area contributed by atoms with E-state index in [0.717, 1.165) is 0 Å². The Morgan fingerprint density at radius 2 is 2.00 bits per heavy atom. The number of benzene rings is 1. The summed E-state index contributed by atoms with van der Waals surface area (Å²) in [6, 6.07) is 5.09. The Morgan fingerprint density at radius 3 is 2.64 bits per heavy atom. The largest absolute Gasteiger partial charge is 0.486 e. The van der Waals surface area contributed by atoms with Crippen molar-refractivity contribution in [1.29, 1.82) is 0 Å². The molecular formula is C17H23NO4. The van der Waals surface area contributed by atoms with Crippen LogP contribution in [0, 0.1) is 0 Å². The molecule has 1 aromatic rings. The number of hydrogen-bond donors (Lipinski definition) is 0. The number of ether oxygens (including phenoxy) is 2. The van der Waals surface area contributed by atoms with Gasteiger partial charge >= 0.3 is 0 Å². The summed E-state index contributed by atoms with van der Waals surface area (Å²) in [5, 5.41) is 0. The molecule has 1 aliphatic heterocycles. The average Bonchev–Trinajstić information content (AvgIpc) is 2.44. The Morgan fingerprint density at radius 1 is 1.32 bits per heavy atom. The summed E-state index contributed by atoms with van der Waals surface area (Å²) in [4.78, 5) is 25.7. The summed E-state index contributed by atoms with van der Waals surface area (Å²) in [5.74, 6) is 1.07. The fourth-order valence-corrected chi connectivity index (χ4v) is 2.54. The van der Waals surface area contributed by atoms with Crippen molar-refractivity contribution in [2.75, 3.05) is 19.7 Å². The summed E-state index contributed by atoms with van der Waals surface area (Å²) < 4.78 is 11.4. The Hall–Kier alpha value is -2.04. The summed E-state index contributed by atoms with van der Waals surface area (Å²) in [6.45, 7) is 8.93. The molecule has 2 rings (SSSR count). The maximum Gasteiger partial charge on any atom is 0.260 e. The highest BCUT2D eigenvalue weighted by atomic mass is 16.5. The van der Waals surface area contributed by atoms with Gasteiger partial charge in [0.05, 0.1) is 12.0 Å². The first-order valence-electron chi connectivity index (χ1n) is 7.63. The van der Waals surface area contributed by atoms with Crippen LogP contribution in [-0.4, -0.2) is 41.9 Å². The van der Waals surface area contributed by atoms with Crippen molar-refractivity contribution in [3.05, 3.63) is 23.8 Å². The predicted octanol–water partition coefficient (Wildman–Crippen LogP) is 2.68. The minimum atomic E-state index is -0.514. The lowest BCUT2D eigenvalue weighted by atomic mass is 9.93. The van der Waals surface area contributed by atoms with Crippen LogP contribution in [0.4, 0.5) is 0 Å². The van der Waals surface area contributed by atoms with E-state index in [0.29, 0.717) is 36.6 Å². The molecule has 0 spiro atoms. The average molecular weight is 305 g/mol. The number of amides is 1. The van der Waals surface area contributed by atoms with E-state index in [2.05, 4.69) is 0 Å². The number of hydrogen-bond acceptors (Lipinski definition) is 4. The van der Waals surface area contributed by atoms with Crippen molar-refractivity contribution in [1.82, 2.24) is 4.90 Å². The minimum Gasteiger partial charge on any atom is -0.486 e. The third kappa shape index (κ3) is 3.59. The van der Waals surface area contributed by atoms with E-state index in [9.17, 15) is 9.59 Å². The van der Waals surface area contributed by atoms with Crippen LogP contribution in [0.1, 0.15) is 44.5 Å². The number of likely N-dealkylation sites (N-methyl/N-ethyl adjacent to an activating group) is 1. The number of carbonyl (C=O) groups is 2. The normalized spacial score (nSPS) is 15.7. The molecule has 0 aromatic heterocycles. The van der Waals surface area contributed by atoms with Gasteiger partial charge in [0.1, 0.15) is 17.1 Å². The van der Waals surface area contributed by atoms with E-state index in [1.54, 1.807) is 23.1 Å². The van der Waals surface area contributed by atoms with Gasteiger partial charge in [-0.2, -0.15) is 0 Å². The second-order valence-corrected chi connectivity index (χ2v) is 5.97. The molecule has 0 atom stereocenters. The SMILES string of the molecule is CCN(CC)C(=O)COc1ccc2c(c1)OC(C)(C)CC2=O. The van der Waals surface area contributed by atoms with Crippen molar-refractivity contribution in [3.8, 4) is 11.5 Å². The van der Waals surface area contributed by atoms with E-state index in [1.165, 1.54) is 0 Å². The van der Waals surface area contributed by atoms with Gasteiger partial charge in [0.2, 0.25) is 0 Å². The summed E-state index contributed by atoms with van der Waals surface area (Å²) in [7, 11) is 0. The molecule has 0 unspecified atom stereocenters. The van der Waals surface area contributed by atoms with Gasteiger partial charge in [0, 0.05) is 19.2 Å². The van der Waals surface area contributed by atoms with Crippen LogP contribution in [0.25, 0.3) is 0 Å². The van der Waals surface area contributed by atoms with Gasteiger partial charge in [0.15, 0.2) is 12.4 Å². The van der Waals surface area contributed by atoms with Crippen LogP contribution in [-0.2, 0) is 4.79 Å². The smallest absolute Gasteiger partial charge is 0.260 e. The lowest BCUT2D eigenvalue weighted by Gasteiger charge is -2.31. The lowest BCUT2D eigenvalue weighted by Crippen LogP contribution is -2.36. The highest BCUT2D eigenvalue weighted by molar-refractivity contribution is 6.00. The van der Waals surface area contributed by atoms with Gasteiger partial charge in [0.25, 0.3) is 5.91 Å². The lowest BCUT2D eigenvalue weighted by molar-refractivity contribution is -0.132. The monoisotopic (exact) mass is 305 g/mol. The van der Waals surface area contributed by atoms with E-state index in [1.807, 2.05) is 27.7 Å². The van der Waals surface area contributed by atoms with Crippen molar-refractivity contribution < 1.29 is 19.1 Å². The molecule has 5 heteroatoms. The number of ketones is 1. The Bertz CT molecular complexity index is 576. The van der Waals surface area contributed by atoms with Crippen LogP contribution in [0.15, 0.2) is 18.2 Å². The Balaban J connectivity index is 2.09. The number of nitrogens with zero attached hydrogens (tertiary/aromatic N) is 1. The molecule has 22 heavy (non-hydrogen) atoms. The fourth-order valence-electron chi connectivity index (χ4n) is 2.54. The maximum atomic E-state index is 12.1. The molecule has 5 nitrogen and oxygen atoms in total. The molecule has 0 bridgehead atoms. The molecule has 0 saturated carbocycles. The highest BCUT2D eigenvalue weighted by Crippen LogP contribution is 2.35. The van der Waals surface area contributed by atoms with E-state index >= 15 is 0 Å². The van der Waals surface area contributed by atoms with Crippen molar-refractivity contribution >= 4 is 11.7 Å². The molecule has 0 fully saturated rings. The van der Waals surface area contributed by atoms with Crippen molar-refractivity contribution in [2.45, 2.75) is 39.7 Å². The second-order valence-electron chi connectivity index (χ2n) is 5.97. The van der Waals surface area contributed by atoms with Crippen LogP contribution in [0.5, 0.6) is 11.5 Å². The highest BCUT2D eigenvalue weighted by Gasteiger charge is 2.32. The van der Waals surface area contributed by atoms with Gasteiger partial charge in [-0.3, -0.25) is 9.59 Å². The predicted molar refractivity (Wildman–Crippen MR) is 83.5 cm³/mol. The summed E-state index contributed by atoms with van der Waals surface area (Å²) in [6.07, 6.45) is 0.362. The molecule has 0 radical (unpaired) electrons. The third-order valence-corrected chi connectivity index (χ3v) is 3.70. The summed E-state index contributed by atoms with van der Waals surface area (Å²) >= 11 is 0. The second kappa shape index (κ2) is 6.38. The van der Waals surface area contributed by atoms with Gasteiger partial charge in [-0.1, -0.05) is 0 Å². The van der Waals surface area contributed by atoms with Crippen molar-refractivity contribution in [3.63, 3.8) is 0 Å². The van der Waals surface area contributed by atoms with E-state index in [-0.39, 0.29) is 18.3 Å². The zero-order valence-corrected chi connectivity index (χ0v) is 13.6. The number of rotatable bonds is 5. The molecule has 0 aliphatic carbocycles. The van der Waals surface area contributed by atoms with Crippen LogP contribution < -0.4 is 9.47 Å². The van der Waals surface area contributed by atoms with Crippen LogP contribution in [0.2, 0.25) is 0 Å². The molecule has 0 saturated heterocycles. The topological polar surface area (TPSA) is 55.8 Å². The molecule has 1 aliphatic rings.